The lowest BCUT2D eigenvalue weighted by Crippen LogP contribution is -2.32. The molecule has 2 rings (SSSR count). The molecule has 1 atom stereocenters. The number of halogens is 2. The van der Waals surface area contributed by atoms with Gasteiger partial charge in [0.25, 0.3) is 0 Å². The van der Waals surface area contributed by atoms with E-state index < -0.39 is 0 Å². The van der Waals surface area contributed by atoms with Gasteiger partial charge in [-0.25, -0.2) is 0 Å². The van der Waals surface area contributed by atoms with Crippen molar-refractivity contribution in [2.45, 2.75) is 26.9 Å². The Balaban J connectivity index is 2.44. The quantitative estimate of drug-likeness (QED) is 0.512. The van der Waals surface area contributed by atoms with Crippen LogP contribution in [0.4, 0.5) is 0 Å². The maximum atomic E-state index is 6.22. The lowest BCUT2D eigenvalue weighted by molar-refractivity contribution is 0.0206. The highest BCUT2D eigenvalue weighted by molar-refractivity contribution is 9.11. The summed E-state index contributed by atoms with van der Waals surface area (Å²) in [6.07, 6.45) is 5.32. The molecule has 1 heterocycles. The van der Waals surface area contributed by atoms with Gasteiger partial charge in [0.15, 0.2) is 0 Å². The molecule has 0 N–H and O–H groups in total. The van der Waals surface area contributed by atoms with Crippen molar-refractivity contribution >= 4 is 37.9 Å². The third kappa shape index (κ3) is 5.16. The van der Waals surface area contributed by atoms with Crippen molar-refractivity contribution in [3.05, 3.63) is 63.0 Å². The smallest absolute Gasteiger partial charge is 0.141 e. The Hall–Kier alpha value is -1.17. The van der Waals surface area contributed by atoms with Crippen molar-refractivity contribution < 1.29 is 9.47 Å². The molecule has 0 aliphatic rings. The number of methoxy groups -OCH3 is 1. The van der Waals surface area contributed by atoms with Crippen molar-refractivity contribution in [3.8, 4) is 5.75 Å². The Labute approximate surface area is 160 Å². The number of nitrogens with zero attached hydrogens (tertiary/aromatic N) is 1. The Bertz CT molecular complexity index is 709. The Morgan fingerprint density at radius 1 is 1.21 bits per heavy atom. The molecule has 1 aromatic carbocycles. The van der Waals surface area contributed by atoms with E-state index in [2.05, 4.69) is 57.6 Å². The summed E-state index contributed by atoms with van der Waals surface area (Å²) in [5.41, 5.74) is 0.844. The number of hydrogen-bond donors (Lipinski definition) is 0. The molecular weight excluding hydrogens is 434 g/mol. The first-order valence-corrected chi connectivity index (χ1v) is 9.17. The number of ether oxygens (including phenoxy) is 2. The fourth-order valence-electron chi connectivity index (χ4n) is 2.37. The van der Waals surface area contributed by atoms with Gasteiger partial charge in [-0.05, 0) is 57.2 Å². The fraction of sp³-hybridized carbons (Fsp3) is 0.316. The van der Waals surface area contributed by atoms with Crippen LogP contribution in [0.3, 0.4) is 0 Å². The zero-order chi connectivity index (χ0) is 17.7. The van der Waals surface area contributed by atoms with E-state index >= 15 is 0 Å². The zero-order valence-corrected chi connectivity index (χ0v) is 17.4. The molecule has 0 amide bonds. The van der Waals surface area contributed by atoms with E-state index in [1.807, 2.05) is 36.4 Å². The van der Waals surface area contributed by atoms with Gasteiger partial charge in [-0.15, -0.1) is 0 Å². The van der Waals surface area contributed by atoms with Gasteiger partial charge in [0.2, 0.25) is 0 Å². The molecule has 0 saturated heterocycles. The van der Waals surface area contributed by atoms with Gasteiger partial charge in [0, 0.05) is 24.0 Å². The second-order valence-corrected chi connectivity index (χ2v) is 8.26. The van der Waals surface area contributed by atoms with Gasteiger partial charge >= 0.3 is 0 Å². The van der Waals surface area contributed by atoms with E-state index in [1.54, 1.807) is 19.5 Å². The number of benzene rings is 1. The lowest BCUT2D eigenvalue weighted by atomic mass is 9.87. The average molecular weight is 455 g/mol. The summed E-state index contributed by atoms with van der Waals surface area (Å²) in [7, 11) is 1.70. The Morgan fingerprint density at radius 3 is 2.50 bits per heavy atom. The standard InChI is InChI=1S/C19H21Br2NO2/c1-19(2,3)18(23-4)17(10-13-6-5-9-22-12-13)24-16-8-7-14(20)11-15(16)21/h5-12,18H,1-4H3. The van der Waals surface area contributed by atoms with E-state index in [1.165, 1.54) is 0 Å². The van der Waals surface area contributed by atoms with Crippen LogP contribution in [0.5, 0.6) is 5.75 Å². The van der Waals surface area contributed by atoms with Crippen molar-refractivity contribution in [2.24, 2.45) is 5.41 Å². The molecule has 1 aromatic heterocycles. The van der Waals surface area contributed by atoms with Crippen LogP contribution in [0.25, 0.3) is 6.08 Å². The normalized spacial score (nSPS) is 13.7. The highest BCUT2D eigenvalue weighted by Crippen LogP contribution is 2.34. The van der Waals surface area contributed by atoms with Crippen molar-refractivity contribution in [2.75, 3.05) is 7.11 Å². The number of hydrogen-bond acceptors (Lipinski definition) is 3. The second-order valence-electron chi connectivity index (χ2n) is 6.49. The third-order valence-corrected chi connectivity index (χ3v) is 4.51. The third-order valence-electron chi connectivity index (χ3n) is 3.40. The maximum Gasteiger partial charge on any atom is 0.141 e. The van der Waals surface area contributed by atoms with Crippen LogP contribution in [-0.2, 0) is 4.74 Å². The molecule has 0 aliphatic carbocycles. The fourth-order valence-corrected chi connectivity index (χ4v) is 3.49. The number of pyridine rings is 1. The summed E-state index contributed by atoms with van der Waals surface area (Å²) in [6, 6.07) is 9.71. The summed E-state index contributed by atoms with van der Waals surface area (Å²) < 4.78 is 13.8. The molecule has 0 radical (unpaired) electrons. The SMILES string of the molecule is COC(C(=Cc1cccnc1)Oc1ccc(Br)cc1Br)C(C)(C)C. The van der Waals surface area contributed by atoms with Crippen molar-refractivity contribution in [1.29, 1.82) is 0 Å². The molecule has 0 fully saturated rings. The molecule has 0 bridgehead atoms. The molecule has 5 heteroatoms. The van der Waals surface area contributed by atoms with Crippen molar-refractivity contribution in [3.63, 3.8) is 0 Å². The van der Waals surface area contributed by atoms with Crippen molar-refractivity contribution in [1.82, 2.24) is 4.98 Å². The van der Waals surface area contributed by atoms with Crippen LogP contribution in [-0.4, -0.2) is 18.2 Å². The first-order valence-electron chi connectivity index (χ1n) is 7.58. The summed E-state index contributed by atoms with van der Waals surface area (Å²) in [4.78, 5) is 4.16. The van der Waals surface area contributed by atoms with Gasteiger partial charge < -0.3 is 9.47 Å². The number of rotatable bonds is 5. The van der Waals surface area contributed by atoms with E-state index in [-0.39, 0.29) is 11.5 Å². The van der Waals surface area contributed by atoms with Crippen LogP contribution in [0, 0.1) is 5.41 Å². The zero-order valence-electron chi connectivity index (χ0n) is 14.2. The molecule has 1 unspecified atom stereocenters. The van der Waals surface area contributed by atoms with Gasteiger partial charge in [-0.1, -0.05) is 42.8 Å². The largest absolute Gasteiger partial charge is 0.458 e. The molecule has 24 heavy (non-hydrogen) atoms. The summed E-state index contributed by atoms with van der Waals surface area (Å²) in [6.45, 7) is 6.37. The second kappa shape index (κ2) is 8.28. The minimum absolute atomic E-state index is 0.120. The van der Waals surface area contributed by atoms with E-state index in [0.717, 1.165) is 26.0 Å². The maximum absolute atomic E-state index is 6.22. The monoisotopic (exact) mass is 453 g/mol. The molecular formula is C19H21Br2NO2. The minimum Gasteiger partial charge on any atom is -0.458 e. The molecule has 0 saturated carbocycles. The molecule has 0 aliphatic heterocycles. The lowest BCUT2D eigenvalue weighted by Gasteiger charge is -2.31. The van der Waals surface area contributed by atoms with Gasteiger partial charge in [-0.3, -0.25) is 4.98 Å². The predicted molar refractivity (Wildman–Crippen MR) is 105 cm³/mol. The minimum atomic E-state index is -0.201. The van der Waals surface area contributed by atoms with Crippen LogP contribution < -0.4 is 4.74 Å². The first-order chi connectivity index (χ1) is 11.3. The molecule has 3 nitrogen and oxygen atoms in total. The van der Waals surface area contributed by atoms with E-state index in [0.29, 0.717) is 0 Å². The highest BCUT2D eigenvalue weighted by Gasteiger charge is 2.30. The van der Waals surface area contributed by atoms with E-state index in [9.17, 15) is 0 Å². The molecule has 128 valence electrons. The highest BCUT2D eigenvalue weighted by atomic mass is 79.9. The summed E-state index contributed by atoms with van der Waals surface area (Å²) >= 11 is 7.00. The Kier molecular flexibility index (Phi) is 6.61. The molecule has 2 aromatic rings. The number of aromatic nitrogens is 1. The van der Waals surface area contributed by atoms with Crippen LogP contribution >= 0.6 is 31.9 Å². The summed E-state index contributed by atoms with van der Waals surface area (Å²) in [5, 5.41) is 0. The van der Waals surface area contributed by atoms with Gasteiger partial charge in [0.05, 0.1) is 4.47 Å². The predicted octanol–water partition coefficient (Wildman–Crippen LogP) is 6.09. The van der Waals surface area contributed by atoms with Crippen LogP contribution in [0.1, 0.15) is 26.3 Å². The van der Waals surface area contributed by atoms with Crippen LogP contribution in [0.2, 0.25) is 0 Å². The van der Waals surface area contributed by atoms with Gasteiger partial charge in [0.1, 0.15) is 17.6 Å². The van der Waals surface area contributed by atoms with Crippen LogP contribution in [0.15, 0.2) is 57.4 Å². The topological polar surface area (TPSA) is 31.4 Å². The average Bonchev–Trinajstić information content (AvgIpc) is 2.50. The summed E-state index contributed by atoms with van der Waals surface area (Å²) in [5.74, 6) is 1.47. The molecule has 0 spiro atoms. The van der Waals surface area contributed by atoms with E-state index in [4.69, 9.17) is 9.47 Å². The van der Waals surface area contributed by atoms with Gasteiger partial charge in [-0.2, -0.15) is 0 Å². The Morgan fingerprint density at radius 2 is 1.96 bits per heavy atom. The first kappa shape index (κ1) is 19.2.